The number of aliphatic hydroxyl groups excluding tert-OH is 2. The van der Waals surface area contributed by atoms with Crippen molar-refractivity contribution >= 4 is 17.9 Å². The zero-order valence-electron chi connectivity index (χ0n) is 16.9. The third-order valence-electron chi connectivity index (χ3n) is 4.25. The molecule has 8 heteroatoms. The SMILES string of the molecule is CCCCCCCCCCCCC(=O)OCC(O)COC(=O)C[C@H](O)C(=O)O. The number of unbranched alkanes of at least 4 members (excludes halogenated alkanes) is 9. The molecule has 0 aromatic heterocycles. The fourth-order valence-electron chi connectivity index (χ4n) is 2.56. The van der Waals surface area contributed by atoms with E-state index in [-0.39, 0.29) is 13.0 Å². The van der Waals surface area contributed by atoms with Gasteiger partial charge in [-0.3, -0.25) is 9.59 Å². The summed E-state index contributed by atoms with van der Waals surface area (Å²) in [5.74, 6) is -2.89. The predicted octanol–water partition coefficient (Wildman–Crippen LogP) is 2.58. The minimum Gasteiger partial charge on any atom is -0.479 e. The van der Waals surface area contributed by atoms with E-state index in [9.17, 15) is 19.5 Å². The Kier molecular flexibility index (Phi) is 16.4. The standard InChI is InChI=1S/C20H36O8/c1-2-3-4-5-6-7-8-9-10-11-12-18(23)27-14-16(21)15-28-19(24)13-17(22)20(25)26/h16-17,21-22H,2-15H2,1H3,(H,25,26)/t16?,17-/m0/s1. The van der Waals surface area contributed by atoms with Crippen LogP contribution in [0, 0.1) is 0 Å². The first-order valence-corrected chi connectivity index (χ1v) is 10.3. The van der Waals surface area contributed by atoms with Crippen molar-refractivity contribution in [3.05, 3.63) is 0 Å². The number of ether oxygens (including phenoxy) is 2. The van der Waals surface area contributed by atoms with Crippen molar-refractivity contribution in [1.29, 1.82) is 0 Å². The minimum atomic E-state index is -1.84. The fraction of sp³-hybridized carbons (Fsp3) is 0.850. The molecule has 0 bridgehead atoms. The van der Waals surface area contributed by atoms with Crippen LogP contribution in [0.4, 0.5) is 0 Å². The van der Waals surface area contributed by atoms with E-state index in [0.717, 1.165) is 19.3 Å². The van der Waals surface area contributed by atoms with Crippen LogP contribution in [0.1, 0.15) is 84.0 Å². The molecule has 28 heavy (non-hydrogen) atoms. The lowest BCUT2D eigenvalue weighted by Crippen LogP contribution is -2.28. The van der Waals surface area contributed by atoms with Gasteiger partial charge in [-0.05, 0) is 6.42 Å². The number of carboxylic acids is 1. The van der Waals surface area contributed by atoms with Crippen molar-refractivity contribution in [2.45, 2.75) is 96.2 Å². The molecule has 0 aliphatic heterocycles. The van der Waals surface area contributed by atoms with E-state index in [1.165, 1.54) is 44.9 Å². The molecule has 0 saturated heterocycles. The summed E-state index contributed by atoms with van der Waals surface area (Å²) in [6.07, 6.45) is 8.24. The van der Waals surface area contributed by atoms with Gasteiger partial charge in [-0.15, -0.1) is 0 Å². The molecule has 0 aromatic carbocycles. The highest BCUT2D eigenvalue weighted by atomic mass is 16.6. The lowest BCUT2D eigenvalue weighted by atomic mass is 10.1. The second kappa shape index (κ2) is 17.4. The Morgan fingerprint density at radius 2 is 1.21 bits per heavy atom. The van der Waals surface area contributed by atoms with Gasteiger partial charge in [0.05, 0.1) is 6.42 Å². The number of aliphatic carboxylic acids is 1. The summed E-state index contributed by atoms with van der Waals surface area (Å²) in [6, 6.07) is 0. The average molecular weight is 405 g/mol. The molecule has 3 N–H and O–H groups in total. The van der Waals surface area contributed by atoms with Crippen molar-refractivity contribution in [3.8, 4) is 0 Å². The van der Waals surface area contributed by atoms with Crippen molar-refractivity contribution < 1.29 is 39.2 Å². The van der Waals surface area contributed by atoms with E-state index in [1.54, 1.807) is 0 Å². The molecule has 0 aliphatic rings. The summed E-state index contributed by atoms with van der Waals surface area (Å²) >= 11 is 0. The van der Waals surface area contributed by atoms with E-state index in [4.69, 9.17) is 14.9 Å². The van der Waals surface area contributed by atoms with Gasteiger partial charge in [0, 0.05) is 6.42 Å². The molecule has 0 radical (unpaired) electrons. The maximum atomic E-state index is 11.6. The number of carboxylic acid groups (broad SMARTS) is 1. The quantitative estimate of drug-likeness (QED) is 0.235. The Morgan fingerprint density at radius 1 is 0.750 bits per heavy atom. The Labute approximate surface area is 167 Å². The topological polar surface area (TPSA) is 130 Å². The van der Waals surface area contributed by atoms with Crippen LogP contribution in [0.25, 0.3) is 0 Å². The first-order valence-electron chi connectivity index (χ1n) is 10.3. The summed E-state index contributed by atoms with van der Waals surface area (Å²) in [7, 11) is 0. The maximum Gasteiger partial charge on any atom is 0.333 e. The van der Waals surface area contributed by atoms with Gasteiger partial charge in [0.2, 0.25) is 0 Å². The zero-order valence-corrected chi connectivity index (χ0v) is 16.9. The summed E-state index contributed by atoms with van der Waals surface area (Å²) in [5, 5.41) is 27.1. The fourth-order valence-corrected chi connectivity index (χ4v) is 2.56. The molecule has 0 aliphatic carbocycles. The molecule has 1 unspecified atom stereocenters. The van der Waals surface area contributed by atoms with Crippen LogP contribution >= 0.6 is 0 Å². The predicted molar refractivity (Wildman–Crippen MR) is 103 cm³/mol. The largest absolute Gasteiger partial charge is 0.479 e. The molecular formula is C20H36O8. The van der Waals surface area contributed by atoms with Crippen LogP contribution in [0.5, 0.6) is 0 Å². The van der Waals surface area contributed by atoms with E-state index >= 15 is 0 Å². The number of hydrogen-bond donors (Lipinski definition) is 3. The number of rotatable bonds is 18. The molecule has 0 spiro atoms. The van der Waals surface area contributed by atoms with E-state index < -0.39 is 43.1 Å². The first-order chi connectivity index (χ1) is 13.4. The second-order valence-electron chi connectivity index (χ2n) is 7.01. The van der Waals surface area contributed by atoms with Crippen LogP contribution in [0.15, 0.2) is 0 Å². The van der Waals surface area contributed by atoms with Crippen molar-refractivity contribution in [1.82, 2.24) is 0 Å². The molecule has 0 saturated carbocycles. The van der Waals surface area contributed by atoms with Gasteiger partial charge < -0.3 is 24.8 Å². The Balaban J connectivity index is 3.55. The highest BCUT2D eigenvalue weighted by Crippen LogP contribution is 2.11. The van der Waals surface area contributed by atoms with Gasteiger partial charge in [0.1, 0.15) is 19.3 Å². The van der Waals surface area contributed by atoms with Crippen molar-refractivity contribution in [2.75, 3.05) is 13.2 Å². The molecule has 0 aromatic rings. The number of carbonyl (C=O) groups is 3. The van der Waals surface area contributed by atoms with Gasteiger partial charge >= 0.3 is 17.9 Å². The Bertz CT molecular complexity index is 438. The minimum absolute atomic E-state index is 0.286. The van der Waals surface area contributed by atoms with Crippen LogP contribution in [-0.4, -0.2) is 58.6 Å². The third kappa shape index (κ3) is 16.5. The third-order valence-corrected chi connectivity index (χ3v) is 4.25. The van der Waals surface area contributed by atoms with E-state index in [0.29, 0.717) is 0 Å². The summed E-state index contributed by atoms with van der Waals surface area (Å²) in [4.78, 5) is 33.2. The van der Waals surface area contributed by atoms with E-state index in [1.807, 2.05) is 0 Å². The van der Waals surface area contributed by atoms with Gasteiger partial charge in [-0.1, -0.05) is 64.7 Å². The van der Waals surface area contributed by atoms with Gasteiger partial charge in [0.15, 0.2) is 6.10 Å². The molecule has 0 amide bonds. The lowest BCUT2D eigenvalue weighted by Gasteiger charge is -2.12. The maximum absolute atomic E-state index is 11.6. The summed E-state index contributed by atoms with van der Waals surface area (Å²) < 4.78 is 9.53. The normalized spacial score (nSPS) is 13.0. The van der Waals surface area contributed by atoms with Gasteiger partial charge in [-0.2, -0.15) is 0 Å². The number of esters is 2. The molecule has 164 valence electrons. The van der Waals surface area contributed by atoms with Crippen LogP contribution < -0.4 is 0 Å². The first kappa shape index (κ1) is 26.3. The van der Waals surface area contributed by atoms with Crippen LogP contribution in [0.2, 0.25) is 0 Å². The molecule has 2 atom stereocenters. The average Bonchev–Trinajstić information content (AvgIpc) is 2.66. The molecule has 0 heterocycles. The highest BCUT2D eigenvalue weighted by Gasteiger charge is 2.20. The Morgan fingerprint density at radius 3 is 1.71 bits per heavy atom. The lowest BCUT2D eigenvalue weighted by molar-refractivity contribution is -0.159. The smallest absolute Gasteiger partial charge is 0.333 e. The number of hydrogen-bond acceptors (Lipinski definition) is 7. The zero-order chi connectivity index (χ0) is 21.2. The van der Waals surface area contributed by atoms with Crippen molar-refractivity contribution in [2.24, 2.45) is 0 Å². The molecule has 8 nitrogen and oxygen atoms in total. The van der Waals surface area contributed by atoms with Gasteiger partial charge in [-0.25, -0.2) is 4.79 Å². The summed E-state index contributed by atoms with van der Waals surface area (Å²) in [6.45, 7) is 1.47. The van der Waals surface area contributed by atoms with Crippen LogP contribution in [0.3, 0.4) is 0 Å². The van der Waals surface area contributed by atoms with Crippen molar-refractivity contribution in [3.63, 3.8) is 0 Å². The van der Waals surface area contributed by atoms with Gasteiger partial charge in [0.25, 0.3) is 0 Å². The number of carbonyl (C=O) groups excluding carboxylic acids is 2. The molecule has 0 rings (SSSR count). The second-order valence-corrected chi connectivity index (χ2v) is 7.01. The molecule has 0 fully saturated rings. The van der Waals surface area contributed by atoms with Crippen LogP contribution in [-0.2, 0) is 23.9 Å². The Hall–Kier alpha value is -1.67. The monoisotopic (exact) mass is 404 g/mol. The number of aliphatic hydroxyl groups is 2. The molecular weight excluding hydrogens is 368 g/mol. The summed E-state index contributed by atoms with van der Waals surface area (Å²) in [5.41, 5.74) is 0. The van der Waals surface area contributed by atoms with E-state index in [2.05, 4.69) is 11.7 Å². The highest BCUT2D eigenvalue weighted by molar-refractivity contribution is 5.80.